The first-order valence-electron chi connectivity index (χ1n) is 4.68. The van der Waals surface area contributed by atoms with Crippen LogP contribution in [-0.2, 0) is 19.1 Å². The van der Waals surface area contributed by atoms with E-state index in [1.807, 2.05) is 0 Å². The molecular formula is C9H8O4. The first-order chi connectivity index (χ1) is 6.27. The van der Waals surface area contributed by atoms with Gasteiger partial charge in [0.25, 0.3) is 0 Å². The monoisotopic (exact) mass is 180 g/mol. The first-order valence-corrected chi connectivity index (χ1v) is 4.68. The second kappa shape index (κ2) is 1.61. The lowest BCUT2D eigenvalue weighted by Gasteiger charge is -2.17. The van der Waals surface area contributed by atoms with Crippen LogP contribution in [0.25, 0.3) is 0 Å². The molecule has 2 heterocycles. The second-order valence-electron chi connectivity index (χ2n) is 4.42. The smallest absolute Gasteiger partial charge is 0.310 e. The first kappa shape index (κ1) is 6.40. The van der Waals surface area contributed by atoms with Gasteiger partial charge in [-0.15, -0.1) is 0 Å². The largest absolute Gasteiger partial charge is 0.458 e. The van der Waals surface area contributed by atoms with E-state index >= 15 is 0 Å². The van der Waals surface area contributed by atoms with Crippen molar-refractivity contribution in [3.8, 4) is 0 Å². The van der Waals surface area contributed by atoms with Gasteiger partial charge in [-0.2, -0.15) is 0 Å². The number of esters is 2. The molecule has 0 spiro atoms. The Balaban J connectivity index is 1.94. The Morgan fingerprint density at radius 1 is 0.923 bits per heavy atom. The molecule has 0 aromatic heterocycles. The summed E-state index contributed by atoms with van der Waals surface area (Å²) in [5.74, 6) is -0.108. The molecule has 4 aliphatic rings. The summed E-state index contributed by atoms with van der Waals surface area (Å²) in [6.45, 7) is 0. The van der Waals surface area contributed by atoms with Crippen molar-refractivity contribution in [2.24, 2.45) is 23.7 Å². The summed E-state index contributed by atoms with van der Waals surface area (Å²) in [7, 11) is 0. The zero-order valence-electron chi connectivity index (χ0n) is 6.80. The maximum atomic E-state index is 11.4. The predicted octanol–water partition coefficient (Wildman–Crippen LogP) is -0.281. The minimum absolute atomic E-state index is 0.106. The molecule has 2 aliphatic carbocycles. The van der Waals surface area contributed by atoms with Gasteiger partial charge in [0.15, 0.2) is 0 Å². The van der Waals surface area contributed by atoms with Gasteiger partial charge >= 0.3 is 11.9 Å². The van der Waals surface area contributed by atoms with E-state index in [2.05, 4.69) is 0 Å². The lowest BCUT2D eigenvalue weighted by Crippen LogP contribution is -2.31. The van der Waals surface area contributed by atoms with Crippen LogP contribution in [0.3, 0.4) is 0 Å². The lowest BCUT2D eigenvalue weighted by molar-refractivity contribution is -0.160. The van der Waals surface area contributed by atoms with Gasteiger partial charge in [0.05, 0.1) is 11.8 Å². The number of carbonyl (C=O) groups excluding carboxylic acids is 2. The molecule has 2 bridgehead atoms. The topological polar surface area (TPSA) is 52.6 Å². The molecule has 6 atom stereocenters. The Kier molecular flexibility index (Phi) is 0.791. The molecule has 0 amide bonds. The van der Waals surface area contributed by atoms with Gasteiger partial charge in [0.1, 0.15) is 12.2 Å². The van der Waals surface area contributed by atoms with Gasteiger partial charge < -0.3 is 9.47 Å². The molecule has 0 N–H and O–H groups in total. The summed E-state index contributed by atoms with van der Waals surface area (Å²) in [5.41, 5.74) is 0. The lowest BCUT2D eigenvalue weighted by atomic mass is 9.81. The minimum Gasteiger partial charge on any atom is -0.458 e. The molecule has 68 valence electrons. The summed E-state index contributed by atoms with van der Waals surface area (Å²) in [5, 5.41) is 0. The third-order valence-corrected chi connectivity index (χ3v) is 4.07. The van der Waals surface area contributed by atoms with E-state index < -0.39 is 0 Å². The van der Waals surface area contributed by atoms with Crippen molar-refractivity contribution in [3.05, 3.63) is 0 Å². The minimum atomic E-state index is -0.166. The Hall–Kier alpha value is -1.06. The van der Waals surface area contributed by atoms with Gasteiger partial charge in [-0.05, 0) is 6.42 Å². The molecule has 2 saturated carbocycles. The van der Waals surface area contributed by atoms with Crippen LogP contribution in [0.1, 0.15) is 6.42 Å². The maximum absolute atomic E-state index is 11.4. The number of fused-ring (bicyclic) bond motifs is 2. The molecule has 0 radical (unpaired) electrons. The highest BCUT2D eigenvalue weighted by Gasteiger charge is 2.73. The molecule has 4 heteroatoms. The van der Waals surface area contributed by atoms with Crippen LogP contribution in [0, 0.1) is 23.7 Å². The zero-order chi connectivity index (χ0) is 8.74. The van der Waals surface area contributed by atoms with Crippen molar-refractivity contribution in [1.29, 1.82) is 0 Å². The van der Waals surface area contributed by atoms with Crippen molar-refractivity contribution in [2.45, 2.75) is 18.6 Å². The average molecular weight is 180 g/mol. The van der Waals surface area contributed by atoms with Crippen LogP contribution in [0.5, 0.6) is 0 Å². The number of hydrogen-bond acceptors (Lipinski definition) is 4. The Morgan fingerprint density at radius 3 is 1.85 bits per heavy atom. The van der Waals surface area contributed by atoms with Crippen LogP contribution in [0.4, 0.5) is 0 Å². The Labute approximate surface area is 74.2 Å². The van der Waals surface area contributed by atoms with Crippen LogP contribution in [-0.4, -0.2) is 24.1 Å². The van der Waals surface area contributed by atoms with Gasteiger partial charge in [0.2, 0.25) is 0 Å². The molecule has 0 aromatic carbocycles. The molecule has 2 saturated heterocycles. The zero-order valence-corrected chi connectivity index (χ0v) is 6.80. The maximum Gasteiger partial charge on any atom is 0.310 e. The van der Waals surface area contributed by atoms with E-state index in [9.17, 15) is 9.59 Å². The summed E-state index contributed by atoms with van der Waals surface area (Å²) in [4.78, 5) is 22.8. The second-order valence-corrected chi connectivity index (χ2v) is 4.42. The third kappa shape index (κ3) is 0.474. The molecule has 0 aromatic rings. The fourth-order valence-electron chi connectivity index (χ4n) is 3.68. The van der Waals surface area contributed by atoms with Crippen LogP contribution in [0.2, 0.25) is 0 Å². The fraction of sp³-hybridized carbons (Fsp3) is 0.778. The molecule has 4 nitrogen and oxygen atoms in total. The number of carbonyl (C=O) groups is 2. The van der Waals surface area contributed by atoms with E-state index in [-0.39, 0.29) is 47.8 Å². The summed E-state index contributed by atoms with van der Waals surface area (Å²) in [6.07, 6.45) is 0.734. The van der Waals surface area contributed by atoms with Crippen LogP contribution in [0.15, 0.2) is 0 Å². The molecule has 13 heavy (non-hydrogen) atoms. The normalized spacial score (nSPS) is 60.0. The Morgan fingerprint density at radius 2 is 1.38 bits per heavy atom. The van der Waals surface area contributed by atoms with Crippen molar-refractivity contribution >= 4 is 11.9 Å². The van der Waals surface area contributed by atoms with Crippen molar-refractivity contribution in [1.82, 2.24) is 0 Å². The molecule has 4 rings (SSSR count). The van der Waals surface area contributed by atoms with E-state index in [4.69, 9.17) is 9.47 Å². The standard InChI is InChI=1S/C9H8O4/c10-8-4-2-1-3-5(4)9(11)13-7(3)6(2)12-8/h2-7H,1H2/t2-,3+,4-,5-,6+,7-/m1/s1. The van der Waals surface area contributed by atoms with Gasteiger partial charge in [-0.1, -0.05) is 0 Å². The summed E-state index contributed by atoms with van der Waals surface area (Å²) in [6, 6.07) is 0. The van der Waals surface area contributed by atoms with Gasteiger partial charge in [0, 0.05) is 11.8 Å². The number of rotatable bonds is 0. The average Bonchev–Trinajstić information content (AvgIpc) is 2.67. The highest BCUT2D eigenvalue weighted by molar-refractivity contribution is 5.88. The van der Waals surface area contributed by atoms with E-state index in [0.717, 1.165) is 6.42 Å². The van der Waals surface area contributed by atoms with Crippen LogP contribution < -0.4 is 0 Å². The van der Waals surface area contributed by atoms with Crippen molar-refractivity contribution in [2.75, 3.05) is 0 Å². The van der Waals surface area contributed by atoms with E-state index in [1.54, 1.807) is 0 Å². The fourth-order valence-corrected chi connectivity index (χ4v) is 3.68. The van der Waals surface area contributed by atoms with Crippen molar-refractivity contribution in [3.63, 3.8) is 0 Å². The molecule has 4 fully saturated rings. The molecular weight excluding hydrogens is 172 g/mol. The van der Waals surface area contributed by atoms with Gasteiger partial charge in [-0.25, -0.2) is 0 Å². The molecule has 2 aliphatic heterocycles. The van der Waals surface area contributed by atoms with E-state index in [1.165, 1.54) is 0 Å². The highest BCUT2D eigenvalue weighted by Crippen LogP contribution is 2.62. The number of ether oxygens (including phenoxy) is 2. The predicted molar refractivity (Wildman–Crippen MR) is 38.3 cm³/mol. The third-order valence-electron chi connectivity index (χ3n) is 4.07. The highest BCUT2D eigenvalue weighted by atomic mass is 16.6. The van der Waals surface area contributed by atoms with Gasteiger partial charge in [-0.3, -0.25) is 9.59 Å². The quantitative estimate of drug-likeness (QED) is 0.481. The van der Waals surface area contributed by atoms with Crippen molar-refractivity contribution < 1.29 is 19.1 Å². The molecule has 0 unspecified atom stereocenters. The van der Waals surface area contributed by atoms with E-state index in [0.29, 0.717) is 0 Å². The summed E-state index contributed by atoms with van der Waals surface area (Å²) < 4.78 is 10.4. The van der Waals surface area contributed by atoms with Crippen LogP contribution >= 0.6 is 0 Å². The Bertz CT molecular complexity index is 301. The number of hydrogen-bond donors (Lipinski definition) is 0. The SMILES string of the molecule is O=C1O[C@@H]2[C@H]3C[C@H]4[C@@H]2OC(=O)[C@H]4[C@H]13. The summed E-state index contributed by atoms with van der Waals surface area (Å²) >= 11 is 0.